The second-order valence-corrected chi connectivity index (χ2v) is 5.08. The largest absolute Gasteiger partial charge is 0.467 e. The molecule has 0 radical (unpaired) electrons. The van der Waals surface area contributed by atoms with Gasteiger partial charge in [-0.2, -0.15) is 13.2 Å². The third-order valence-corrected chi connectivity index (χ3v) is 3.60. The summed E-state index contributed by atoms with van der Waals surface area (Å²) >= 11 is 0. The van der Waals surface area contributed by atoms with E-state index in [4.69, 9.17) is 4.74 Å². The van der Waals surface area contributed by atoms with E-state index in [-0.39, 0.29) is 23.0 Å². The van der Waals surface area contributed by atoms with Gasteiger partial charge in [0.15, 0.2) is 12.3 Å². The summed E-state index contributed by atoms with van der Waals surface area (Å²) in [6.07, 6.45) is -3.55. The van der Waals surface area contributed by atoms with Crippen molar-refractivity contribution in [3.63, 3.8) is 0 Å². The summed E-state index contributed by atoms with van der Waals surface area (Å²) in [6, 6.07) is 2.52. The van der Waals surface area contributed by atoms with Crippen LogP contribution in [0.15, 0.2) is 12.1 Å². The van der Waals surface area contributed by atoms with E-state index >= 15 is 0 Å². The molecule has 0 unspecified atom stereocenters. The highest BCUT2D eigenvalue weighted by atomic mass is 19.4. The molecule has 21 heavy (non-hydrogen) atoms. The normalized spacial score (nSPS) is 19.9. The molecule has 1 amide bonds. The Kier molecular flexibility index (Phi) is 3.23. The average Bonchev–Trinajstić information content (AvgIpc) is 2.33. The summed E-state index contributed by atoms with van der Waals surface area (Å²) in [5.74, 6) is -0.561. The van der Waals surface area contributed by atoms with Crippen LogP contribution in [0.1, 0.15) is 16.9 Å². The first-order valence-electron chi connectivity index (χ1n) is 6.33. The van der Waals surface area contributed by atoms with Crippen molar-refractivity contribution in [2.24, 2.45) is 0 Å². The number of halogens is 3. The number of likely N-dealkylation sites (tertiary alicyclic amines) is 1. The molecule has 2 aliphatic rings. The highest BCUT2D eigenvalue weighted by Gasteiger charge is 2.53. The lowest BCUT2D eigenvalue weighted by Crippen LogP contribution is -2.72. The first kappa shape index (κ1) is 14.1. The van der Waals surface area contributed by atoms with E-state index in [0.29, 0.717) is 19.8 Å². The van der Waals surface area contributed by atoms with Gasteiger partial charge in [0.25, 0.3) is 5.91 Å². The fourth-order valence-corrected chi connectivity index (χ4v) is 2.30. The molecule has 6 nitrogen and oxygen atoms in total. The SMILES string of the molecule is O=C(c1ccc(OCC(F)(F)F)nn1)N1CCC12COC2. The van der Waals surface area contributed by atoms with Crippen LogP contribution in [-0.2, 0) is 4.74 Å². The minimum Gasteiger partial charge on any atom is -0.467 e. The lowest BCUT2D eigenvalue weighted by Gasteiger charge is -2.57. The zero-order valence-electron chi connectivity index (χ0n) is 10.9. The average molecular weight is 303 g/mol. The maximum Gasteiger partial charge on any atom is 0.422 e. The standard InChI is InChI=1S/C12H12F3N3O3/c13-12(14,15)7-21-9-2-1-8(16-17-9)10(19)18-4-3-11(18)5-20-6-11/h1-2H,3-7H2. The molecule has 0 atom stereocenters. The molecule has 0 N–H and O–H groups in total. The number of alkyl halides is 3. The van der Waals surface area contributed by atoms with Gasteiger partial charge in [-0.25, -0.2) is 0 Å². The van der Waals surface area contributed by atoms with Gasteiger partial charge in [0.05, 0.1) is 18.8 Å². The van der Waals surface area contributed by atoms with Crippen molar-refractivity contribution >= 4 is 5.91 Å². The van der Waals surface area contributed by atoms with Crippen LogP contribution >= 0.6 is 0 Å². The van der Waals surface area contributed by atoms with Gasteiger partial charge in [0.1, 0.15) is 0 Å². The van der Waals surface area contributed by atoms with Gasteiger partial charge in [-0.3, -0.25) is 4.79 Å². The fraction of sp³-hybridized carbons (Fsp3) is 0.583. The number of amides is 1. The number of hydrogen-bond acceptors (Lipinski definition) is 5. The molecule has 114 valence electrons. The number of ether oxygens (including phenoxy) is 2. The smallest absolute Gasteiger partial charge is 0.422 e. The molecule has 1 spiro atoms. The van der Waals surface area contributed by atoms with Crippen molar-refractivity contribution in [1.29, 1.82) is 0 Å². The quantitative estimate of drug-likeness (QED) is 0.834. The number of carbonyl (C=O) groups is 1. The van der Waals surface area contributed by atoms with E-state index in [9.17, 15) is 18.0 Å². The van der Waals surface area contributed by atoms with Crippen LogP contribution in [0.3, 0.4) is 0 Å². The van der Waals surface area contributed by atoms with Crippen LogP contribution in [0, 0.1) is 0 Å². The summed E-state index contributed by atoms with van der Waals surface area (Å²) in [7, 11) is 0. The van der Waals surface area contributed by atoms with Crippen molar-refractivity contribution in [3.05, 3.63) is 17.8 Å². The van der Waals surface area contributed by atoms with Gasteiger partial charge in [-0.15, -0.1) is 10.2 Å². The van der Waals surface area contributed by atoms with E-state index in [1.807, 2.05) is 0 Å². The summed E-state index contributed by atoms with van der Waals surface area (Å²) in [5, 5.41) is 7.12. The fourth-order valence-electron chi connectivity index (χ4n) is 2.30. The minimum absolute atomic E-state index is 0.0836. The van der Waals surface area contributed by atoms with E-state index < -0.39 is 12.8 Å². The molecular weight excluding hydrogens is 291 g/mol. The van der Waals surface area contributed by atoms with Crippen molar-refractivity contribution in [1.82, 2.24) is 15.1 Å². The monoisotopic (exact) mass is 303 g/mol. The summed E-state index contributed by atoms with van der Waals surface area (Å²) in [6.45, 7) is 0.204. The Hall–Kier alpha value is -1.90. The Morgan fingerprint density at radius 3 is 2.57 bits per heavy atom. The predicted molar refractivity (Wildman–Crippen MR) is 62.8 cm³/mol. The summed E-state index contributed by atoms with van der Waals surface area (Å²) in [4.78, 5) is 13.9. The molecule has 9 heteroatoms. The van der Waals surface area contributed by atoms with Gasteiger partial charge in [-0.1, -0.05) is 0 Å². The van der Waals surface area contributed by atoms with Crippen molar-refractivity contribution in [3.8, 4) is 5.88 Å². The third kappa shape index (κ3) is 2.65. The zero-order valence-corrected chi connectivity index (χ0v) is 10.9. The van der Waals surface area contributed by atoms with E-state index in [0.717, 1.165) is 6.42 Å². The first-order chi connectivity index (χ1) is 9.90. The van der Waals surface area contributed by atoms with Crippen molar-refractivity contribution in [2.45, 2.75) is 18.1 Å². The molecular formula is C12H12F3N3O3. The lowest BCUT2D eigenvalue weighted by molar-refractivity contribution is -0.172. The first-order valence-corrected chi connectivity index (χ1v) is 6.33. The van der Waals surface area contributed by atoms with Gasteiger partial charge in [-0.05, 0) is 12.5 Å². The van der Waals surface area contributed by atoms with Crippen LogP contribution < -0.4 is 4.74 Å². The Bertz CT molecular complexity index is 537. The summed E-state index contributed by atoms with van der Waals surface area (Å²) in [5.41, 5.74) is -0.134. The zero-order chi connectivity index (χ0) is 15.1. The van der Waals surface area contributed by atoms with Gasteiger partial charge < -0.3 is 14.4 Å². The number of hydrogen-bond donors (Lipinski definition) is 0. The molecule has 1 aromatic heterocycles. The summed E-state index contributed by atoms with van der Waals surface area (Å²) < 4.78 is 45.5. The van der Waals surface area contributed by atoms with Crippen LogP contribution in [0.5, 0.6) is 5.88 Å². The van der Waals surface area contributed by atoms with Crippen molar-refractivity contribution < 1.29 is 27.4 Å². The van der Waals surface area contributed by atoms with Gasteiger partial charge in [0.2, 0.25) is 5.88 Å². The third-order valence-electron chi connectivity index (χ3n) is 3.60. The predicted octanol–water partition coefficient (Wildman–Crippen LogP) is 1.03. The lowest BCUT2D eigenvalue weighted by atomic mass is 9.82. The van der Waals surface area contributed by atoms with Gasteiger partial charge in [0, 0.05) is 12.6 Å². The maximum atomic E-state index is 12.2. The maximum absolute atomic E-state index is 12.2. The molecule has 3 rings (SSSR count). The van der Waals surface area contributed by atoms with Crippen LogP contribution in [0.25, 0.3) is 0 Å². The van der Waals surface area contributed by atoms with Gasteiger partial charge >= 0.3 is 6.18 Å². The number of nitrogens with zero attached hydrogens (tertiary/aromatic N) is 3. The Balaban J connectivity index is 1.63. The van der Waals surface area contributed by atoms with Crippen LogP contribution in [-0.4, -0.2) is 59.1 Å². The molecule has 2 fully saturated rings. The molecule has 3 heterocycles. The second-order valence-electron chi connectivity index (χ2n) is 5.08. The Labute approximate surface area is 117 Å². The van der Waals surface area contributed by atoms with E-state index in [1.54, 1.807) is 4.90 Å². The van der Waals surface area contributed by atoms with E-state index in [2.05, 4.69) is 14.9 Å². The Morgan fingerprint density at radius 1 is 1.38 bits per heavy atom. The molecule has 2 saturated heterocycles. The van der Waals surface area contributed by atoms with E-state index in [1.165, 1.54) is 12.1 Å². The highest BCUT2D eigenvalue weighted by molar-refractivity contribution is 5.93. The molecule has 0 saturated carbocycles. The van der Waals surface area contributed by atoms with Crippen LogP contribution in [0.4, 0.5) is 13.2 Å². The highest BCUT2D eigenvalue weighted by Crippen LogP contribution is 2.38. The molecule has 0 aliphatic carbocycles. The van der Waals surface area contributed by atoms with Crippen molar-refractivity contribution in [2.75, 3.05) is 26.4 Å². The number of rotatable bonds is 3. The number of carbonyl (C=O) groups excluding carboxylic acids is 1. The topological polar surface area (TPSA) is 64.5 Å². The molecule has 2 aliphatic heterocycles. The molecule has 1 aromatic rings. The second kappa shape index (κ2) is 4.83. The molecule has 0 aromatic carbocycles. The number of aromatic nitrogens is 2. The van der Waals surface area contributed by atoms with Crippen LogP contribution in [0.2, 0.25) is 0 Å². The molecule has 0 bridgehead atoms. The Morgan fingerprint density at radius 2 is 2.14 bits per heavy atom. The minimum atomic E-state index is -4.44.